The second kappa shape index (κ2) is 8.35. The zero-order valence-corrected chi connectivity index (χ0v) is 11.7. The topological polar surface area (TPSA) is 30.5 Å². The molecule has 1 heterocycles. The maximum Gasteiger partial charge on any atom is 0.122 e. The van der Waals surface area contributed by atoms with Crippen molar-refractivity contribution in [1.29, 1.82) is 0 Å². The van der Waals surface area contributed by atoms with Crippen molar-refractivity contribution >= 4 is 12.4 Å². The number of benzene rings is 1. The van der Waals surface area contributed by atoms with E-state index in [1.165, 1.54) is 18.4 Å². The summed E-state index contributed by atoms with van der Waals surface area (Å²) in [6.45, 7) is 3.48. The SMILES string of the molecule is COCCOc1ccccc1C1CCNCC1.Cl. The molecule has 0 amide bonds. The summed E-state index contributed by atoms with van der Waals surface area (Å²) in [5.41, 5.74) is 1.35. The van der Waals surface area contributed by atoms with E-state index in [1.54, 1.807) is 7.11 Å². The molecule has 0 unspecified atom stereocenters. The van der Waals surface area contributed by atoms with Gasteiger partial charge in [0.05, 0.1) is 6.61 Å². The molecule has 3 nitrogen and oxygen atoms in total. The molecule has 0 saturated carbocycles. The van der Waals surface area contributed by atoms with Gasteiger partial charge in [-0.15, -0.1) is 12.4 Å². The molecule has 1 aliphatic heterocycles. The highest BCUT2D eigenvalue weighted by molar-refractivity contribution is 5.85. The van der Waals surface area contributed by atoms with E-state index < -0.39 is 0 Å². The van der Waals surface area contributed by atoms with Crippen molar-refractivity contribution in [3.05, 3.63) is 29.8 Å². The van der Waals surface area contributed by atoms with Gasteiger partial charge in [-0.3, -0.25) is 0 Å². The number of ether oxygens (including phenoxy) is 2. The first-order chi connectivity index (χ1) is 8.42. The highest BCUT2D eigenvalue weighted by Crippen LogP contribution is 2.32. The maximum absolute atomic E-state index is 5.79. The van der Waals surface area contributed by atoms with Crippen LogP contribution in [0.4, 0.5) is 0 Å². The standard InChI is InChI=1S/C14H21NO2.ClH/c1-16-10-11-17-14-5-3-2-4-13(14)12-6-8-15-9-7-12;/h2-5,12,15H,6-11H2,1H3;1H. The van der Waals surface area contributed by atoms with Crippen molar-refractivity contribution in [2.24, 2.45) is 0 Å². The van der Waals surface area contributed by atoms with Crippen LogP contribution in [0.5, 0.6) is 5.75 Å². The van der Waals surface area contributed by atoms with Crippen LogP contribution in [-0.4, -0.2) is 33.4 Å². The van der Waals surface area contributed by atoms with Gasteiger partial charge in [0, 0.05) is 7.11 Å². The lowest BCUT2D eigenvalue weighted by Crippen LogP contribution is -2.26. The Morgan fingerprint density at radius 3 is 2.61 bits per heavy atom. The lowest BCUT2D eigenvalue weighted by Gasteiger charge is -2.24. The minimum absolute atomic E-state index is 0. The predicted molar refractivity (Wildman–Crippen MR) is 75.9 cm³/mol. The van der Waals surface area contributed by atoms with Gasteiger partial charge in [-0.2, -0.15) is 0 Å². The Hall–Kier alpha value is -0.770. The Balaban J connectivity index is 0.00000162. The van der Waals surface area contributed by atoms with E-state index in [2.05, 4.69) is 23.5 Å². The number of methoxy groups -OCH3 is 1. The molecule has 0 aromatic heterocycles. The zero-order chi connectivity index (χ0) is 11.9. The summed E-state index contributed by atoms with van der Waals surface area (Å²) in [5, 5.41) is 3.40. The van der Waals surface area contributed by atoms with Gasteiger partial charge in [0.2, 0.25) is 0 Å². The van der Waals surface area contributed by atoms with Gasteiger partial charge in [0.15, 0.2) is 0 Å². The number of halogens is 1. The van der Waals surface area contributed by atoms with Crippen molar-refractivity contribution in [1.82, 2.24) is 5.32 Å². The predicted octanol–water partition coefficient (Wildman–Crippen LogP) is 2.60. The summed E-state index contributed by atoms with van der Waals surface area (Å²) in [7, 11) is 1.70. The molecular formula is C14H22ClNO2. The molecule has 0 radical (unpaired) electrons. The second-order valence-corrected chi connectivity index (χ2v) is 4.40. The molecule has 1 aromatic rings. The number of hydrogen-bond donors (Lipinski definition) is 1. The number of nitrogens with one attached hydrogen (secondary N) is 1. The smallest absolute Gasteiger partial charge is 0.122 e. The molecule has 2 rings (SSSR count). The Kier molecular flexibility index (Phi) is 7.09. The molecule has 1 N–H and O–H groups in total. The maximum atomic E-state index is 5.79. The number of para-hydroxylation sites is 1. The Labute approximate surface area is 115 Å². The molecule has 0 bridgehead atoms. The monoisotopic (exact) mass is 271 g/mol. The van der Waals surface area contributed by atoms with Crippen LogP contribution in [0, 0.1) is 0 Å². The van der Waals surface area contributed by atoms with Gasteiger partial charge >= 0.3 is 0 Å². The van der Waals surface area contributed by atoms with E-state index in [0.29, 0.717) is 19.1 Å². The van der Waals surface area contributed by atoms with Gasteiger partial charge in [0.25, 0.3) is 0 Å². The van der Waals surface area contributed by atoms with E-state index in [9.17, 15) is 0 Å². The fourth-order valence-electron chi connectivity index (χ4n) is 2.32. The van der Waals surface area contributed by atoms with E-state index in [1.807, 2.05) is 6.07 Å². The third-order valence-electron chi connectivity index (χ3n) is 3.24. The fraction of sp³-hybridized carbons (Fsp3) is 0.571. The van der Waals surface area contributed by atoms with Crippen LogP contribution in [-0.2, 0) is 4.74 Å². The number of hydrogen-bond acceptors (Lipinski definition) is 3. The average Bonchev–Trinajstić information content (AvgIpc) is 2.41. The van der Waals surface area contributed by atoms with Gasteiger partial charge in [-0.1, -0.05) is 18.2 Å². The van der Waals surface area contributed by atoms with Crippen molar-refractivity contribution in [3.8, 4) is 5.75 Å². The zero-order valence-electron chi connectivity index (χ0n) is 10.9. The normalized spacial score (nSPS) is 16.1. The first-order valence-corrected chi connectivity index (χ1v) is 6.33. The van der Waals surface area contributed by atoms with Crippen molar-refractivity contribution < 1.29 is 9.47 Å². The van der Waals surface area contributed by atoms with E-state index >= 15 is 0 Å². The lowest BCUT2D eigenvalue weighted by atomic mass is 9.89. The quantitative estimate of drug-likeness (QED) is 0.835. The first-order valence-electron chi connectivity index (χ1n) is 6.33. The third kappa shape index (κ3) is 4.16. The summed E-state index contributed by atoms with van der Waals surface area (Å²) in [4.78, 5) is 0. The minimum Gasteiger partial charge on any atom is -0.491 e. The van der Waals surface area contributed by atoms with Gasteiger partial charge in [0.1, 0.15) is 12.4 Å². The fourth-order valence-corrected chi connectivity index (χ4v) is 2.32. The van der Waals surface area contributed by atoms with Crippen LogP contribution < -0.4 is 10.1 Å². The van der Waals surface area contributed by atoms with Crippen LogP contribution in [0.1, 0.15) is 24.3 Å². The van der Waals surface area contributed by atoms with Crippen LogP contribution in [0.3, 0.4) is 0 Å². The summed E-state index contributed by atoms with van der Waals surface area (Å²) in [5.74, 6) is 1.66. The van der Waals surface area contributed by atoms with E-state index in [4.69, 9.17) is 9.47 Å². The van der Waals surface area contributed by atoms with Crippen molar-refractivity contribution in [2.45, 2.75) is 18.8 Å². The molecule has 1 saturated heterocycles. The molecular weight excluding hydrogens is 250 g/mol. The average molecular weight is 272 g/mol. The highest BCUT2D eigenvalue weighted by atomic mass is 35.5. The van der Waals surface area contributed by atoms with Crippen LogP contribution in [0.2, 0.25) is 0 Å². The van der Waals surface area contributed by atoms with E-state index in [-0.39, 0.29) is 12.4 Å². The van der Waals surface area contributed by atoms with E-state index in [0.717, 1.165) is 18.8 Å². The van der Waals surface area contributed by atoms with Gasteiger partial charge in [-0.25, -0.2) is 0 Å². The summed E-state index contributed by atoms with van der Waals surface area (Å²) >= 11 is 0. The Bertz CT molecular complexity index is 340. The molecule has 1 fully saturated rings. The molecule has 4 heteroatoms. The molecule has 0 atom stereocenters. The molecule has 102 valence electrons. The Morgan fingerprint density at radius 2 is 1.89 bits per heavy atom. The number of piperidine rings is 1. The molecule has 1 aromatic carbocycles. The highest BCUT2D eigenvalue weighted by Gasteiger charge is 2.18. The molecule has 0 spiro atoms. The van der Waals surface area contributed by atoms with Crippen molar-refractivity contribution in [2.75, 3.05) is 33.4 Å². The third-order valence-corrected chi connectivity index (χ3v) is 3.24. The minimum atomic E-state index is 0. The van der Waals surface area contributed by atoms with Crippen molar-refractivity contribution in [3.63, 3.8) is 0 Å². The molecule has 18 heavy (non-hydrogen) atoms. The largest absolute Gasteiger partial charge is 0.491 e. The molecule has 0 aliphatic carbocycles. The van der Waals surface area contributed by atoms with Crippen LogP contribution in [0.25, 0.3) is 0 Å². The number of rotatable bonds is 5. The molecule has 1 aliphatic rings. The van der Waals surface area contributed by atoms with Crippen LogP contribution in [0.15, 0.2) is 24.3 Å². The van der Waals surface area contributed by atoms with Gasteiger partial charge < -0.3 is 14.8 Å². The first kappa shape index (κ1) is 15.3. The second-order valence-electron chi connectivity index (χ2n) is 4.40. The lowest BCUT2D eigenvalue weighted by molar-refractivity contribution is 0.145. The summed E-state index contributed by atoms with van der Waals surface area (Å²) < 4.78 is 10.8. The summed E-state index contributed by atoms with van der Waals surface area (Å²) in [6.07, 6.45) is 2.40. The van der Waals surface area contributed by atoms with Gasteiger partial charge in [-0.05, 0) is 43.5 Å². The summed E-state index contributed by atoms with van der Waals surface area (Å²) in [6, 6.07) is 8.39. The Morgan fingerprint density at radius 1 is 1.17 bits per heavy atom. The van der Waals surface area contributed by atoms with Crippen LogP contribution >= 0.6 is 12.4 Å².